The zero-order chi connectivity index (χ0) is 30.8. The van der Waals surface area contributed by atoms with E-state index in [9.17, 15) is 19.2 Å². The van der Waals surface area contributed by atoms with E-state index >= 15 is 0 Å². The van der Waals surface area contributed by atoms with Crippen molar-refractivity contribution >= 4 is 23.9 Å². The maximum Gasteiger partial charge on any atom is 0.320 e. The summed E-state index contributed by atoms with van der Waals surface area (Å²) in [6.07, 6.45) is 11.5. The van der Waals surface area contributed by atoms with Crippen molar-refractivity contribution in [3.8, 4) is 0 Å². The van der Waals surface area contributed by atoms with Gasteiger partial charge in [-0.05, 0) is 24.2 Å². The van der Waals surface area contributed by atoms with Crippen molar-refractivity contribution in [3.05, 3.63) is 0 Å². The number of carboxylic acid groups (broad SMARTS) is 4. The molecule has 38 heavy (non-hydrogen) atoms. The second-order valence-electron chi connectivity index (χ2n) is 10.3. The molecule has 0 rings (SSSR count). The molecule has 10 N–H and O–H groups in total. The lowest BCUT2D eigenvalue weighted by Crippen LogP contribution is -2.34. The molecule has 0 aliphatic carbocycles. The molecular weight excluding hydrogens is 494 g/mol. The summed E-state index contributed by atoms with van der Waals surface area (Å²) >= 11 is 0. The minimum atomic E-state index is -0.931. The number of carbonyl (C=O) groups is 4. The first-order valence-corrected chi connectivity index (χ1v) is 13.6. The van der Waals surface area contributed by atoms with E-state index in [4.69, 9.17) is 37.6 Å². The molecule has 11 nitrogen and oxygen atoms in total. The van der Waals surface area contributed by atoms with E-state index in [0.29, 0.717) is 6.42 Å². The van der Waals surface area contributed by atoms with Crippen LogP contribution in [0, 0.1) is 17.8 Å². The number of hydrogen-bond donors (Lipinski definition) is 7. The van der Waals surface area contributed by atoms with Crippen molar-refractivity contribution in [2.75, 3.05) is 0 Å². The van der Waals surface area contributed by atoms with Gasteiger partial charge in [-0.25, -0.2) is 0 Å². The Hall–Kier alpha value is -2.24. The molecule has 0 spiro atoms. The summed E-state index contributed by atoms with van der Waals surface area (Å²) in [6.45, 7) is 12.9. The van der Waals surface area contributed by atoms with Gasteiger partial charge in [0, 0.05) is 6.42 Å². The van der Waals surface area contributed by atoms with Gasteiger partial charge in [0.1, 0.15) is 18.1 Å². The van der Waals surface area contributed by atoms with E-state index in [2.05, 4.69) is 6.92 Å². The Morgan fingerprint density at radius 1 is 0.500 bits per heavy atom. The number of rotatable bonds is 16. The van der Waals surface area contributed by atoms with Crippen LogP contribution in [-0.4, -0.2) is 62.4 Å². The second-order valence-corrected chi connectivity index (χ2v) is 10.3. The first kappa shape index (κ1) is 42.8. The van der Waals surface area contributed by atoms with Crippen LogP contribution in [-0.2, 0) is 19.2 Å². The van der Waals surface area contributed by atoms with Gasteiger partial charge >= 0.3 is 23.9 Å². The molecule has 0 aliphatic heterocycles. The van der Waals surface area contributed by atoms with E-state index in [1.54, 1.807) is 41.5 Å². The lowest BCUT2D eigenvalue weighted by atomic mass is 10.1. The van der Waals surface area contributed by atoms with E-state index in [-0.39, 0.29) is 17.8 Å². The monoisotopic (exact) mass is 551 g/mol. The fourth-order valence-corrected chi connectivity index (χ4v) is 2.44. The van der Waals surface area contributed by atoms with Crippen LogP contribution in [0.15, 0.2) is 0 Å². The lowest BCUT2D eigenvalue weighted by molar-refractivity contribution is -0.140. The van der Waals surface area contributed by atoms with Gasteiger partial charge in [-0.15, -0.1) is 0 Å². The quantitative estimate of drug-likeness (QED) is 0.135. The summed E-state index contributed by atoms with van der Waals surface area (Å²) in [7, 11) is 0. The zero-order valence-electron chi connectivity index (χ0n) is 24.7. The number of carboxylic acids is 4. The Morgan fingerprint density at radius 2 is 0.737 bits per heavy atom. The largest absolute Gasteiger partial charge is 0.481 e. The second kappa shape index (κ2) is 27.8. The third kappa shape index (κ3) is 33.8. The van der Waals surface area contributed by atoms with Gasteiger partial charge < -0.3 is 37.6 Å². The first-order chi connectivity index (χ1) is 17.4. The molecule has 228 valence electrons. The van der Waals surface area contributed by atoms with Crippen LogP contribution >= 0.6 is 0 Å². The lowest BCUT2D eigenvalue weighted by Gasteiger charge is -2.07. The molecule has 3 atom stereocenters. The van der Waals surface area contributed by atoms with Crippen LogP contribution in [0.3, 0.4) is 0 Å². The Kier molecular flexibility index (Phi) is 31.3. The molecule has 11 heteroatoms. The number of hydrogen-bond acceptors (Lipinski definition) is 7. The van der Waals surface area contributed by atoms with Crippen LogP contribution in [0.2, 0.25) is 0 Å². The average Bonchev–Trinajstić information content (AvgIpc) is 2.82. The molecule has 0 fully saturated rings. The molecule has 0 radical (unpaired) electrons. The molecule has 0 saturated heterocycles. The summed E-state index contributed by atoms with van der Waals surface area (Å²) < 4.78 is 0. The van der Waals surface area contributed by atoms with Gasteiger partial charge in [0.2, 0.25) is 0 Å². The van der Waals surface area contributed by atoms with Crippen LogP contribution in [0.4, 0.5) is 0 Å². The smallest absolute Gasteiger partial charge is 0.320 e. The molecule has 0 aromatic carbocycles. The highest BCUT2D eigenvalue weighted by molar-refractivity contribution is 5.74. The molecule has 0 heterocycles. The van der Waals surface area contributed by atoms with E-state index in [1.165, 1.54) is 44.9 Å². The van der Waals surface area contributed by atoms with Gasteiger partial charge in [-0.3, -0.25) is 19.2 Å². The standard InChI is InChI=1S/C12H24O2.3C5H11NO2/c1-2-3-4-5-6-7-8-9-10-11-12(13)14;3*1-3(2)4(6)5(7)8/h2-11H2,1H3,(H,13,14);3*3-4H,6H2,1-2H3,(H,7,8). The van der Waals surface area contributed by atoms with Crippen molar-refractivity contribution in [1.29, 1.82) is 0 Å². The van der Waals surface area contributed by atoms with Crippen LogP contribution in [0.1, 0.15) is 113 Å². The molecule has 0 aromatic heterocycles. The average molecular weight is 552 g/mol. The minimum absolute atomic E-state index is 0.0208. The normalized spacial score (nSPS) is 12.7. The molecular formula is C27H57N3O8. The zero-order valence-corrected chi connectivity index (χ0v) is 24.7. The molecule has 3 unspecified atom stereocenters. The van der Waals surface area contributed by atoms with Crippen LogP contribution < -0.4 is 17.2 Å². The van der Waals surface area contributed by atoms with Crippen LogP contribution in [0.5, 0.6) is 0 Å². The number of nitrogens with two attached hydrogens (primary N) is 3. The predicted molar refractivity (Wildman–Crippen MR) is 151 cm³/mol. The van der Waals surface area contributed by atoms with Gasteiger partial charge in [-0.1, -0.05) is 99.8 Å². The highest BCUT2D eigenvalue weighted by atomic mass is 16.4. The number of aliphatic carboxylic acids is 4. The highest BCUT2D eigenvalue weighted by Crippen LogP contribution is 2.10. The van der Waals surface area contributed by atoms with Crippen LogP contribution in [0.25, 0.3) is 0 Å². The third-order valence-electron chi connectivity index (χ3n) is 5.50. The Morgan fingerprint density at radius 3 is 0.895 bits per heavy atom. The highest BCUT2D eigenvalue weighted by Gasteiger charge is 2.15. The summed E-state index contributed by atoms with van der Waals surface area (Å²) in [5, 5.41) is 33.1. The predicted octanol–water partition coefficient (Wildman–Crippen LogP) is 4.15. The first-order valence-electron chi connectivity index (χ1n) is 13.6. The van der Waals surface area contributed by atoms with Crippen molar-refractivity contribution in [2.45, 2.75) is 131 Å². The summed E-state index contributed by atoms with van der Waals surface area (Å²) in [4.78, 5) is 40.3. The Labute approximate surface area is 229 Å². The SMILES string of the molecule is CC(C)C(N)C(=O)O.CC(C)C(N)C(=O)O.CC(C)C(N)C(=O)O.CCCCCCCCCCCC(=O)O. The van der Waals surface area contributed by atoms with Crippen molar-refractivity contribution < 1.29 is 39.6 Å². The Bertz CT molecular complexity index is 556. The number of unbranched alkanes of at least 4 members (excludes halogenated alkanes) is 8. The molecule has 0 amide bonds. The summed E-state index contributed by atoms with van der Waals surface area (Å²) in [6, 6.07) is -2.14. The maximum absolute atomic E-state index is 10.2. The van der Waals surface area contributed by atoms with Gasteiger partial charge in [0.25, 0.3) is 0 Å². The van der Waals surface area contributed by atoms with E-state index < -0.39 is 42.0 Å². The summed E-state index contributed by atoms with van der Waals surface area (Å²) in [5.74, 6) is -3.39. The third-order valence-corrected chi connectivity index (χ3v) is 5.50. The topological polar surface area (TPSA) is 227 Å². The fraction of sp³-hybridized carbons (Fsp3) is 0.852. The van der Waals surface area contributed by atoms with Gasteiger partial charge in [0.15, 0.2) is 0 Å². The summed E-state index contributed by atoms with van der Waals surface area (Å²) in [5.41, 5.74) is 15.5. The minimum Gasteiger partial charge on any atom is -0.481 e. The fourth-order valence-electron chi connectivity index (χ4n) is 2.44. The van der Waals surface area contributed by atoms with Crippen molar-refractivity contribution in [1.82, 2.24) is 0 Å². The van der Waals surface area contributed by atoms with Crippen molar-refractivity contribution in [3.63, 3.8) is 0 Å². The van der Waals surface area contributed by atoms with E-state index in [0.717, 1.165) is 12.8 Å². The maximum atomic E-state index is 10.2. The molecule has 0 aliphatic rings. The Balaban J connectivity index is -0.000000211. The van der Waals surface area contributed by atoms with E-state index in [1.807, 2.05) is 0 Å². The van der Waals surface area contributed by atoms with Gasteiger partial charge in [-0.2, -0.15) is 0 Å². The molecule has 0 saturated carbocycles. The van der Waals surface area contributed by atoms with Gasteiger partial charge in [0.05, 0.1) is 0 Å². The molecule has 0 bridgehead atoms. The molecule has 0 aromatic rings. The van der Waals surface area contributed by atoms with Crippen molar-refractivity contribution in [2.24, 2.45) is 35.0 Å².